The van der Waals surface area contributed by atoms with Gasteiger partial charge in [0.2, 0.25) is 0 Å². The van der Waals surface area contributed by atoms with Crippen LogP contribution in [0.15, 0.2) is 24.9 Å². The van der Waals surface area contributed by atoms with Crippen molar-refractivity contribution in [1.29, 1.82) is 0 Å². The highest BCUT2D eigenvalue weighted by Crippen LogP contribution is 1.87. The van der Waals surface area contributed by atoms with Crippen LogP contribution < -0.4 is 0 Å². The predicted octanol–water partition coefficient (Wildman–Crippen LogP) is 2.03. The minimum atomic E-state index is 1.07. The summed E-state index contributed by atoms with van der Waals surface area (Å²) in [5, 5.41) is 0. The maximum Gasteiger partial charge on any atom is 0.0143 e. The third-order valence-corrected chi connectivity index (χ3v) is 1.25. The summed E-state index contributed by atoms with van der Waals surface area (Å²) >= 11 is 0. The Morgan fingerprint density at radius 1 is 1.33 bits per heavy atom. The molecule has 0 rings (SSSR count). The van der Waals surface area contributed by atoms with E-state index in [4.69, 9.17) is 0 Å². The molecule has 0 aromatic rings. The first kappa shape index (κ1) is 8.28. The Morgan fingerprint density at radius 2 is 1.89 bits per heavy atom. The Bertz CT molecular complexity index is 90.7. The van der Waals surface area contributed by atoms with Crippen LogP contribution in [0, 0.1) is 0 Å². The average Bonchev–Trinajstić information content (AvgIpc) is 1.91. The zero-order valence-electron chi connectivity index (χ0n) is 6.30. The average molecular weight is 125 g/mol. The summed E-state index contributed by atoms with van der Waals surface area (Å²) < 4.78 is 0. The van der Waals surface area contributed by atoms with E-state index >= 15 is 0 Å². The van der Waals surface area contributed by atoms with E-state index in [1.807, 2.05) is 12.3 Å². The van der Waals surface area contributed by atoms with Gasteiger partial charge < -0.3 is 4.90 Å². The van der Waals surface area contributed by atoms with E-state index in [0.717, 1.165) is 13.1 Å². The summed E-state index contributed by atoms with van der Waals surface area (Å²) in [5.41, 5.74) is 0. The molecule has 0 aliphatic carbocycles. The fourth-order valence-corrected chi connectivity index (χ4v) is 0.617. The topological polar surface area (TPSA) is 3.24 Å². The van der Waals surface area contributed by atoms with Gasteiger partial charge in [-0.1, -0.05) is 12.7 Å². The molecule has 0 radical (unpaired) electrons. The van der Waals surface area contributed by atoms with E-state index in [1.54, 1.807) is 6.08 Å². The third kappa shape index (κ3) is 3.83. The first-order valence-corrected chi connectivity index (χ1v) is 3.38. The van der Waals surface area contributed by atoms with Crippen molar-refractivity contribution < 1.29 is 0 Å². The molecule has 0 saturated heterocycles. The van der Waals surface area contributed by atoms with Crippen LogP contribution in [0.25, 0.3) is 0 Å². The van der Waals surface area contributed by atoms with E-state index in [9.17, 15) is 0 Å². The molecule has 0 saturated carbocycles. The van der Waals surface area contributed by atoms with Gasteiger partial charge in [0.25, 0.3) is 0 Å². The standard InChI is InChI=1S/C8H15N/c1-4-7-8-9(5-2)6-3/h4,7-8H,1,5-6H2,2-3H3. The van der Waals surface area contributed by atoms with Gasteiger partial charge in [-0.25, -0.2) is 0 Å². The summed E-state index contributed by atoms with van der Waals surface area (Å²) in [4.78, 5) is 2.21. The van der Waals surface area contributed by atoms with Crippen molar-refractivity contribution in [2.45, 2.75) is 13.8 Å². The highest BCUT2D eigenvalue weighted by atomic mass is 15.1. The molecule has 0 aliphatic heterocycles. The smallest absolute Gasteiger partial charge is 0.0143 e. The SMILES string of the molecule is C=CC=CN(CC)CC. The van der Waals surface area contributed by atoms with Crippen LogP contribution in [0.3, 0.4) is 0 Å². The molecular formula is C8H15N. The maximum absolute atomic E-state index is 3.59. The number of nitrogens with zero attached hydrogens (tertiary/aromatic N) is 1. The van der Waals surface area contributed by atoms with Crippen LogP contribution in [-0.4, -0.2) is 18.0 Å². The molecule has 52 valence electrons. The van der Waals surface area contributed by atoms with Crippen LogP contribution >= 0.6 is 0 Å². The van der Waals surface area contributed by atoms with E-state index in [2.05, 4.69) is 25.3 Å². The van der Waals surface area contributed by atoms with Gasteiger partial charge in [-0.3, -0.25) is 0 Å². The molecule has 0 bridgehead atoms. The molecule has 0 aliphatic rings. The molecule has 0 heterocycles. The highest BCUT2D eigenvalue weighted by Gasteiger charge is 1.85. The second kappa shape index (κ2) is 5.42. The van der Waals surface area contributed by atoms with Crippen molar-refractivity contribution in [3.63, 3.8) is 0 Å². The van der Waals surface area contributed by atoms with Crippen molar-refractivity contribution in [1.82, 2.24) is 4.90 Å². The normalized spacial score (nSPS) is 10.0. The van der Waals surface area contributed by atoms with Gasteiger partial charge in [-0.2, -0.15) is 0 Å². The lowest BCUT2D eigenvalue weighted by Crippen LogP contribution is -2.14. The van der Waals surface area contributed by atoms with E-state index < -0.39 is 0 Å². The number of hydrogen-bond donors (Lipinski definition) is 0. The molecule has 0 atom stereocenters. The van der Waals surface area contributed by atoms with Crippen molar-refractivity contribution >= 4 is 0 Å². The van der Waals surface area contributed by atoms with Gasteiger partial charge in [-0.15, -0.1) is 0 Å². The molecule has 0 amide bonds. The quantitative estimate of drug-likeness (QED) is 0.520. The molecule has 9 heavy (non-hydrogen) atoms. The van der Waals surface area contributed by atoms with Crippen LogP contribution in [0.4, 0.5) is 0 Å². The summed E-state index contributed by atoms with van der Waals surface area (Å²) in [6.07, 6.45) is 5.79. The number of rotatable bonds is 4. The molecule has 0 aromatic heterocycles. The molecular weight excluding hydrogens is 110 g/mol. The van der Waals surface area contributed by atoms with E-state index in [0.29, 0.717) is 0 Å². The van der Waals surface area contributed by atoms with Crippen LogP contribution in [0.2, 0.25) is 0 Å². The zero-order chi connectivity index (χ0) is 7.11. The van der Waals surface area contributed by atoms with Crippen molar-refractivity contribution in [3.8, 4) is 0 Å². The zero-order valence-corrected chi connectivity index (χ0v) is 6.30. The Kier molecular flexibility index (Phi) is 4.98. The van der Waals surface area contributed by atoms with Crippen LogP contribution in [-0.2, 0) is 0 Å². The molecule has 0 N–H and O–H groups in total. The van der Waals surface area contributed by atoms with Crippen molar-refractivity contribution in [2.75, 3.05) is 13.1 Å². The van der Waals surface area contributed by atoms with Gasteiger partial charge >= 0.3 is 0 Å². The maximum atomic E-state index is 3.59. The first-order chi connectivity index (χ1) is 4.35. The second-order valence-electron chi connectivity index (χ2n) is 1.80. The lowest BCUT2D eigenvalue weighted by atomic mass is 10.5. The number of hydrogen-bond acceptors (Lipinski definition) is 1. The summed E-state index contributed by atoms with van der Waals surface area (Å²) in [6, 6.07) is 0. The van der Waals surface area contributed by atoms with Crippen LogP contribution in [0.1, 0.15) is 13.8 Å². The lowest BCUT2D eigenvalue weighted by molar-refractivity contribution is 0.419. The molecule has 0 unspecified atom stereocenters. The Hall–Kier alpha value is -0.720. The Balaban J connectivity index is 3.53. The highest BCUT2D eigenvalue weighted by molar-refractivity contribution is 4.96. The monoisotopic (exact) mass is 125 g/mol. The van der Waals surface area contributed by atoms with Crippen molar-refractivity contribution in [2.24, 2.45) is 0 Å². The summed E-state index contributed by atoms with van der Waals surface area (Å²) in [5.74, 6) is 0. The fourth-order valence-electron chi connectivity index (χ4n) is 0.617. The lowest BCUT2D eigenvalue weighted by Gasteiger charge is -2.13. The predicted molar refractivity (Wildman–Crippen MR) is 42.3 cm³/mol. The van der Waals surface area contributed by atoms with Gasteiger partial charge in [0.05, 0.1) is 0 Å². The molecule has 0 fully saturated rings. The van der Waals surface area contributed by atoms with Crippen LogP contribution in [0.5, 0.6) is 0 Å². The van der Waals surface area contributed by atoms with Crippen molar-refractivity contribution in [3.05, 3.63) is 24.9 Å². The first-order valence-electron chi connectivity index (χ1n) is 3.38. The summed E-state index contributed by atoms with van der Waals surface area (Å²) in [6.45, 7) is 10.0. The Morgan fingerprint density at radius 3 is 2.22 bits per heavy atom. The summed E-state index contributed by atoms with van der Waals surface area (Å²) in [7, 11) is 0. The van der Waals surface area contributed by atoms with Gasteiger partial charge in [0.15, 0.2) is 0 Å². The largest absolute Gasteiger partial charge is 0.378 e. The minimum Gasteiger partial charge on any atom is -0.378 e. The van der Waals surface area contributed by atoms with Gasteiger partial charge in [0.1, 0.15) is 0 Å². The molecule has 1 heteroatoms. The van der Waals surface area contributed by atoms with E-state index in [-0.39, 0.29) is 0 Å². The molecule has 0 spiro atoms. The molecule has 0 aromatic carbocycles. The van der Waals surface area contributed by atoms with Gasteiger partial charge in [0, 0.05) is 13.1 Å². The molecule has 1 nitrogen and oxygen atoms in total. The third-order valence-electron chi connectivity index (χ3n) is 1.25. The van der Waals surface area contributed by atoms with E-state index in [1.165, 1.54) is 0 Å². The minimum absolute atomic E-state index is 1.07. The number of allylic oxidation sites excluding steroid dienone is 2. The fraction of sp³-hybridized carbons (Fsp3) is 0.500. The second-order valence-corrected chi connectivity index (χ2v) is 1.80. The van der Waals surface area contributed by atoms with Gasteiger partial charge in [-0.05, 0) is 26.1 Å². The Labute approximate surface area is 57.7 Å².